The van der Waals surface area contributed by atoms with Gasteiger partial charge < -0.3 is 9.30 Å². The summed E-state index contributed by atoms with van der Waals surface area (Å²) in [4.78, 5) is 8.64. The Morgan fingerprint density at radius 3 is 2.70 bits per heavy atom. The lowest BCUT2D eigenvalue weighted by Crippen LogP contribution is -2.02. The number of nitrogens with zero attached hydrogens (tertiary/aromatic N) is 3. The quantitative estimate of drug-likeness (QED) is 0.319. The number of aryl methyl sites for hydroxylation is 1. The lowest BCUT2D eigenvalue weighted by atomic mass is 10.0. The lowest BCUT2D eigenvalue weighted by Gasteiger charge is -2.09. The second kappa shape index (κ2) is 9.57. The fourth-order valence-electron chi connectivity index (χ4n) is 4.01. The molecule has 0 aliphatic rings. The molecule has 0 spiro atoms. The summed E-state index contributed by atoms with van der Waals surface area (Å²) in [5.41, 5.74) is 6.18. The molecule has 4 heteroatoms. The van der Waals surface area contributed by atoms with Crippen molar-refractivity contribution in [2.45, 2.75) is 52.7 Å². The van der Waals surface area contributed by atoms with Crippen LogP contribution in [-0.2, 0) is 19.6 Å². The van der Waals surface area contributed by atoms with Gasteiger partial charge in [-0.25, -0.2) is 0 Å². The molecule has 154 valence electrons. The molecule has 3 heterocycles. The van der Waals surface area contributed by atoms with Gasteiger partial charge in [-0.3, -0.25) is 9.97 Å². The van der Waals surface area contributed by atoms with Gasteiger partial charge >= 0.3 is 0 Å². The van der Waals surface area contributed by atoms with E-state index < -0.39 is 0 Å². The number of hydrogen-bond donors (Lipinski definition) is 0. The Kier molecular flexibility index (Phi) is 6.43. The van der Waals surface area contributed by atoms with Crippen LogP contribution in [0.5, 0.6) is 5.75 Å². The van der Waals surface area contributed by atoms with E-state index in [-0.39, 0.29) is 0 Å². The van der Waals surface area contributed by atoms with Crippen LogP contribution in [-0.4, -0.2) is 14.5 Å². The van der Waals surface area contributed by atoms with Gasteiger partial charge in [-0.05, 0) is 67.3 Å². The molecule has 0 fully saturated rings. The van der Waals surface area contributed by atoms with E-state index in [1.807, 2.05) is 36.7 Å². The van der Waals surface area contributed by atoms with E-state index in [0.717, 1.165) is 24.4 Å². The first-order chi connectivity index (χ1) is 14.8. The van der Waals surface area contributed by atoms with Gasteiger partial charge in [-0.1, -0.05) is 31.9 Å². The van der Waals surface area contributed by atoms with Gasteiger partial charge in [0.1, 0.15) is 12.4 Å². The van der Waals surface area contributed by atoms with E-state index in [0.29, 0.717) is 6.61 Å². The molecule has 0 bridgehead atoms. The summed E-state index contributed by atoms with van der Waals surface area (Å²) in [6, 6.07) is 16.5. The molecule has 4 nitrogen and oxygen atoms in total. The van der Waals surface area contributed by atoms with Gasteiger partial charge in [0.15, 0.2) is 0 Å². The third kappa shape index (κ3) is 4.54. The standard InChI is InChI=1S/C26H29N3O/c1-3-4-5-11-24-20(2)29(18-21-9-8-14-27-17-21)26-13-12-23(16-25(24)26)30-19-22-10-6-7-15-28-22/h6-10,12-17H,3-5,11,18-19H2,1-2H3. The summed E-state index contributed by atoms with van der Waals surface area (Å²) in [7, 11) is 0. The Morgan fingerprint density at radius 2 is 1.93 bits per heavy atom. The molecule has 0 saturated heterocycles. The predicted molar refractivity (Wildman–Crippen MR) is 122 cm³/mol. The van der Waals surface area contributed by atoms with Gasteiger partial charge in [0.05, 0.1) is 5.69 Å². The number of pyridine rings is 2. The van der Waals surface area contributed by atoms with Gasteiger partial charge in [-0.15, -0.1) is 0 Å². The average molecular weight is 400 g/mol. The molecule has 0 aliphatic heterocycles. The van der Waals surface area contributed by atoms with Gasteiger partial charge in [0.25, 0.3) is 0 Å². The van der Waals surface area contributed by atoms with Crippen LogP contribution in [0.25, 0.3) is 10.9 Å². The van der Waals surface area contributed by atoms with Crippen molar-refractivity contribution >= 4 is 10.9 Å². The molecule has 0 aliphatic carbocycles. The molecule has 0 saturated carbocycles. The Labute approximate surface area is 178 Å². The molecule has 0 atom stereocenters. The molecule has 0 unspecified atom stereocenters. The van der Waals surface area contributed by atoms with Crippen LogP contribution in [0.1, 0.15) is 48.7 Å². The zero-order chi connectivity index (χ0) is 20.8. The highest BCUT2D eigenvalue weighted by Gasteiger charge is 2.15. The molecular weight excluding hydrogens is 370 g/mol. The van der Waals surface area contributed by atoms with Crippen LogP contribution in [0.15, 0.2) is 67.1 Å². The molecular formula is C26H29N3O. The highest BCUT2D eigenvalue weighted by Crippen LogP contribution is 2.31. The van der Waals surface area contributed by atoms with Crippen LogP contribution >= 0.6 is 0 Å². The van der Waals surface area contributed by atoms with Gasteiger partial charge in [0, 0.05) is 41.7 Å². The van der Waals surface area contributed by atoms with Crippen molar-refractivity contribution in [3.05, 3.63) is 89.6 Å². The summed E-state index contributed by atoms with van der Waals surface area (Å²) in [5, 5.41) is 1.30. The van der Waals surface area contributed by atoms with Crippen LogP contribution < -0.4 is 4.74 Å². The highest BCUT2D eigenvalue weighted by atomic mass is 16.5. The molecule has 0 radical (unpaired) electrons. The fourth-order valence-corrected chi connectivity index (χ4v) is 4.01. The smallest absolute Gasteiger partial charge is 0.130 e. The van der Waals surface area contributed by atoms with Crippen molar-refractivity contribution in [3.8, 4) is 5.75 Å². The minimum absolute atomic E-state index is 0.479. The van der Waals surface area contributed by atoms with Gasteiger partial charge in [-0.2, -0.15) is 0 Å². The van der Waals surface area contributed by atoms with Crippen LogP contribution in [0.3, 0.4) is 0 Å². The Hall–Kier alpha value is -3.14. The Bertz CT molecular complexity index is 1090. The van der Waals surface area contributed by atoms with E-state index in [1.54, 1.807) is 6.20 Å². The predicted octanol–water partition coefficient (Wildman–Crippen LogP) is 6.10. The summed E-state index contributed by atoms with van der Waals surface area (Å²) >= 11 is 0. The van der Waals surface area contributed by atoms with Crippen LogP contribution in [0.2, 0.25) is 0 Å². The van der Waals surface area contributed by atoms with E-state index >= 15 is 0 Å². The zero-order valence-corrected chi connectivity index (χ0v) is 17.8. The maximum Gasteiger partial charge on any atom is 0.130 e. The number of ether oxygens (including phenoxy) is 1. The fraction of sp³-hybridized carbons (Fsp3) is 0.308. The number of benzene rings is 1. The van der Waals surface area contributed by atoms with Crippen molar-refractivity contribution in [2.75, 3.05) is 0 Å². The Morgan fingerprint density at radius 1 is 1.00 bits per heavy atom. The van der Waals surface area contributed by atoms with Crippen molar-refractivity contribution in [1.29, 1.82) is 0 Å². The molecule has 0 N–H and O–H groups in total. The second-order valence-corrected chi connectivity index (χ2v) is 7.76. The maximum absolute atomic E-state index is 6.07. The number of hydrogen-bond acceptors (Lipinski definition) is 3. The summed E-state index contributed by atoms with van der Waals surface area (Å²) in [6.45, 7) is 5.80. The first-order valence-corrected chi connectivity index (χ1v) is 10.8. The molecule has 0 amide bonds. The van der Waals surface area contributed by atoms with Crippen molar-refractivity contribution in [1.82, 2.24) is 14.5 Å². The summed E-state index contributed by atoms with van der Waals surface area (Å²) < 4.78 is 8.48. The topological polar surface area (TPSA) is 39.9 Å². The molecule has 1 aromatic carbocycles. The minimum atomic E-state index is 0.479. The van der Waals surface area contributed by atoms with E-state index in [1.165, 1.54) is 47.0 Å². The number of unbranched alkanes of at least 4 members (excludes halogenated alkanes) is 2. The Balaban J connectivity index is 1.66. The lowest BCUT2D eigenvalue weighted by molar-refractivity contribution is 0.302. The van der Waals surface area contributed by atoms with E-state index in [4.69, 9.17) is 4.74 Å². The molecule has 4 rings (SSSR count). The van der Waals surface area contributed by atoms with Crippen LogP contribution in [0, 0.1) is 6.92 Å². The SMILES string of the molecule is CCCCCc1c(C)n(Cc2cccnc2)c2ccc(OCc3ccccn3)cc12. The number of rotatable bonds is 9. The van der Waals surface area contributed by atoms with Crippen molar-refractivity contribution in [3.63, 3.8) is 0 Å². The zero-order valence-electron chi connectivity index (χ0n) is 17.8. The van der Waals surface area contributed by atoms with Gasteiger partial charge in [0.2, 0.25) is 0 Å². The first kappa shape index (κ1) is 20.1. The van der Waals surface area contributed by atoms with Crippen LogP contribution in [0.4, 0.5) is 0 Å². The largest absolute Gasteiger partial charge is 0.487 e. The summed E-state index contributed by atoms with van der Waals surface area (Å²) in [5.74, 6) is 0.892. The maximum atomic E-state index is 6.07. The number of aromatic nitrogens is 3. The normalized spacial score (nSPS) is 11.1. The monoisotopic (exact) mass is 399 g/mol. The summed E-state index contributed by atoms with van der Waals surface area (Å²) in [6.07, 6.45) is 10.4. The molecule has 3 aromatic heterocycles. The van der Waals surface area contributed by atoms with Crippen molar-refractivity contribution < 1.29 is 4.74 Å². The third-order valence-electron chi connectivity index (χ3n) is 5.63. The van der Waals surface area contributed by atoms with E-state index in [2.05, 4.69) is 52.6 Å². The first-order valence-electron chi connectivity index (χ1n) is 10.8. The minimum Gasteiger partial charge on any atom is -0.487 e. The molecule has 4 aromatic rings. The van der Waals surface area contributed by atoms with Crippen molar-refractivity contribution in [2.24, 2.45) is 0 Å². The number of fused-ring (bicyclic) bond motifs is 1. The average Bonchev–Trinajstić information content (AvgIpc) is 3.04. The third-order valence-corrected chi connectivity index (χ3v) is 5.63. The molecule has 30 heavy (non-hydrogen) atoms. The highest BCUT2D eigenvalue weighted by molar-refractivity contribution is 5.87. The second-order valence-electron chi connectivity index (χ2n) is 7.76. The van der Waals surface area contributed by atoms with E-state index in [9.17, 15) is 0 Å².